The van der Waals surface area contributed by atoms with Crippen LogP contribution in [0.1, 0.15) is 21.8 Å². The molecule has 0 saturated carbocycles. The Balaban J connectivity index is 2.23. The van der Waals surface area contributed by atoms with Gasteiger partial charge in [0.1, 0.15) is 0 Å². The van der Waals surface area contributed by atoms with Crippen LogP contribution in [0, 0.1) is 13.8 Å². The van der Waals surface area contributed by atoms with Crippen LogP contribution in [0.3, 0.4) is 0 Å². The Labute approximate surface area is 98.9 Å². The van der Waals surface area contributed by atoms with Crippen molar-refractivity contribution >= 4 is 11.8 Å². The van der Waals surface area contributed by atoms with Crippen LogP contribution in [0.5, 0.6) is 0 Å². The molecule has 0 amide bonds. The van der Waals surface area contributed by atoms with Crippen LogP contribution < -0.4 is 10.4 Å². The summed E-state index contributed by atoms with van der Waals surface area (Å²) in [7, 11) is 0. The van der Waals surface area contributed by atoms with Crippen molar-refractivity contribution in [1.82, 2.24) is 5.10 Å². The van der Waals surface area contributed by atoms with Gasteiger partial charge in [0.05, 0.1) is 0 Å². The standard InChI is InChI=1S/C12H13N3O2/c1-8-5-3-4-6-10(8)11(16)7-15-12(13)17-9(2)14-15/h3-6,13H,7H2,1-2H3/p+1. The molecule has 0 saturated heterocycles. The van der Waals surface area contributed by atoms with E-state index in [2.05, 4.69) is 5.10 Å². The molecule has 5 nitrogen and oxygen atoms in total. The zero-order valence-corrected chi connectivity index (χ0v) is 9.80. The van der Waals surface area contributed by atoms with E-state index in [1.165, 1.54) is 4.68 Å². The van der Waals surface area contributed by atoms with Crippen molar-refractivity contribution < 1.29 is 13.9 Å². The number of hydrogen-bond acceptors (Lipinski definition) is 4. The van der Waals surface area contributed by atoms with Crippen molar-refractivity contribution in [2.45, 2.75) is 20.4 Å². The van der Waals surface area contributed by atoms with Gasteiger partial charge in [-0.05, 0) is 17.6 Å². The minimum absolute atomic E-state index is 0.0342. The number of nitrogen functional groups attached to an aromatic ring is 1. The van der Waals surface area contributed by atoms with Gasteiger partial charge in [-0.1, -0.05) is 28.9 Å². The number of carbonyl (C=O) groups excluding carboxylic acids is 1. The Morgan fingerprint density at radius 1 is 1.41 bits per heavy atom. The van der Waals surface area contributed by atoms with Crippen LogP contribution in [0.25, 0.3) is 0 Å². The third kappa shape index (κ3) is 2.33. The van der Waals surface area contributed by atoms with E-state index >= 15 is 0 Å². The number of rotatable bonds is 3. The summed E-state index contributed by atoms with van der Waals surface area (Å²) < 4.78 is 6.42. The van der Waals surface area contributed by atoms with Crippen LogP contribution in [0.2, 0.25) is 0 Å². The Morgan fingerprint density at radius 2 is 2.12 bits per heavy atom. The molecule has 17 heavy (non-hydrogen) atoms. The van der Waals surface area contributed by atoms with Crippen LogP contribution >= 0.6 is 0 Å². The van der Waals surface area contributed by atoms with Gasteiger partial charge in [-0.2, -0.15) is 0 Å². The molecule has 2 rings (SSSR count). The summed E-state index contributed by atoms with van der Waals surface area (Å²) in [4.78, 5) is 12.0. The van der Waals surface area contributed by atoms with Crippen molar-refractivity contribution in [3.8, 4) is 0 Å². The normalized spacial score (nSPS) is 10.5. The Morgan fingerprint density at radius 3 is 2.71 bits per heavy atom. The molecule has 0 aliphatic rings. The third-order valence-corrected chi connectivity index (χ3v) is 2.51. The highest BCUT2D eigenvalue weighted by Gasteiger charge is 2.19. The molecule has 0 aliphatic carbocycles. The number of Topliss-reactive ketones (excluding diaryl/α,β-unsaturated/α-hetero) is 1. The molecular weight excluding hydrogens is 218 g/mol. The summed E-state index contributed by atoms with van der Waals surface area (Å²) in [5.41, 5.74) is 7.21. The number of anilines is 1. The molecule has 5 heteroatoms. The largest absolute Gasteiger partial charge is 0.475 e. The molecule has 0 radical (unpaired) electrons. The highest BCUT2D eigenvalue weighted by molar-refractivity contribution is 5.96. The van der Waals surface area contributed by atoms with E-state index in [-0.39, 0.29) is 18.3 Å². The minimum atomic E-state index is -0.0342. The average molecular weight is 232 g/mol. The molecule has 88 valence electrons. The lowest BCUT2D eigenvalue weighted by Crippen LogP contribution is -2.42. The van der Waals surface area contributed by atoms with Crippen molar-refractivity contribution in [1.29, 1.82) is 0 Å². The van der Waals surface area contributed by atoms with Gasteiger partial charge in [0.2, 0.25) is 11.7 Å². The summed E-state index contributed by atoms with van der Waals surface area (Å²) in [6, 6.07) is 7.57. The number of benzene rings is 1. The fourth-order valence-corrected chi connectivity index (χ4v) is 1.66. The minimum Gasteiger partial charge on any atom is -0.372 e. The molecule has 0 fully saturated rings. The van der Waals surface area contributed by atoms with Crippen LogP contribution in [-0.4, -0.2) is 10.9 Å². The zero-order valence-electron chi connectivity index (χ0n) is 9.80. The maximum Gasteiger partial charge on any atom is 0.475 e. The van der Waals surface area contributed by atoms with Crippen molar-refractivity contribution in [3.63, 3.8) is 0 Å². The van der Waals surface area contributed by atoms with Crippen LogP contribution in [0.4, 0.5) is 6.01 Å². The monoisotopic (exact) mass is 232 g/mol. The van der Waals surface area contributed by atoms with Gasteiger partial charge in [-0.3, -0.25) is 10.5 Å². The smallest absolute Gasteiger partial charge is 0.372 e. The number of nitrogens with zero attached hydrogens (tertiary/aromatic N) is 2. The first-order valence-corrected chi connectivity index (χ1v) is 5.30. The molecule has 0 spiro atoms. The van der Waals surface area contributed by atoms with E-state index < -0.39 is 0 Å². The highest BCUT2D eigenvalue weighted by atomic mass is 16.4. The molecule has 0 unspecified atom stereocenters. The van der Waals surface area contributed by atoms with E-state index in [0.717, 1.165) is 5.56 Å². The van der Waals surface area contributed by atoms with E-state index in [0.29, 0.717) is 11.5 Å². The van der Waals surface area contributed by atoms with Gasteiger partial charge >= 0.3 is 6.01 Å². The van der Waals surface area contributed by atoms with E-state index in [9.17, 15) is 4.79 Å². The molecule has 2 aromatic rings. The number of carbonyl (C=O) groups is 1. The first-order valence-electron chi connectivity index (χ1n) is 5.30. The molecule has 0 aliphatic heterocycles. The number of hydrogen-bond donors (Lipinski definition) is 1. The second kappa shape index (κ2) is 4.37. The van der Waals surface area contributed by atoms with Crippen LogP contribution in [-0.2, 0) is 6.54 Å². The predicted octanol–water partition coefficient (Wildman–Crippen LogP) is 1.04. The van der Waals surface area contributed by atoms with Gasteiger partial charge < -0.3 is 4.42 Å². The molecule has 1 heterocycles. The van der Waals surface area contributed by atoms with Gasteiger partial charge in [0.15, 0.2) is 6.54 Å². The zero-order chi connectivity index (χ0) is 12.4. The molecule has 1 aromatic heterocycles. The lowest BCUT2D eigenvalue weighted by Gasteiger charge is -2.01. The molecular formula is C12H14N3O2+. The van der Waals surface area contributed by atoms with Gasteiger partial charge in [0, 0.05) is 12.5 Å². The maximum absolute atomic E-state index is 12.0. The molecule has 0 atom stereocenters. The van der Waals surface area contributed by atoms with Crippen molar-refractivity contribution in [2.75, 3.05) is 5.73 Å². The quantitative estimate of drug-likeness (QED) is 0.634. The topological polar surface area (TPSA) is 73.0 Å². The SMILES string of the molecule is Cc1n[n+](CC(=O)c2ccccc2C)c(N)o1. The van der Waals surface area contributed by atoms with Gasteiger partial charge in [-0.25, -0.2) is 0 Å². The lowest BCUT2D eigenvalue weighted by atomic mass is 10.1. The number of nitrogens with two attached hydrogens (primary N) is 1. The van der Waals surface area contributed by atoms with Gasteiger partial charge in [0.25, 0.3) is 0 Å². The Bertz CT molecular complexity index is 561. The summed E-state index contributed by atoms with van der Waals surface area (Å²) in [6.07, 6.45) is 0. The van der Waals surface area contributed by atoms with E-state index in [1.54, 1.807) is 13.0 Å². The summed E-state index contributed by atoms with van der Waals surface area (Å²) in [5.74, 6) is 0.410. The van der Waals surface area contributed by atoms with Crippen molar-refractivity contribution in [3.05, 3.63) is 41.3 Å². The predicted molar refractivity (Wildman–Crippen MR) is 61.4 cm³/mol. The first-order chi connectivity index (χ1) is 8.08. The summed E-state index contributed by atoms with van der Waals surface area (Å²) in [5, 5.41) is 4.01. The Hall–Kier alpha value is -2.17. The average Bonchev–Trinajstić information content (AvgIpc) is 2.58. The fourth-order valence-electron chi connectivity index (χ4n) is 1.66. The third-order valence-electron chi connectivity index (χ3n) is 2.51. The van der Waals surface area contributed by atoms with E-state index in [4.69, 9.17) is 10.2 Å². The second-order valence-electron chi connectivity index (χ2n) is 3.86. The van der Waals surface area contributed by atoms with Crippen molar-refractivity contribution in [2.24, 2.45) is 0 Å². The lowest BCUT2D eigenvalue weighted by molar-refractivity contribution is -0.727. The first kappa shape index (κ1) is 11.3. The number of ketones is 1. The highest BCUT2D eigenvalue weighted by Crippen LogP contribution is 2.08. The fraction of sp³-hybridized carbons (Fsp3) is 0.250. The molecule has 0 bridgehead atoms. The number of aryl methyl sites for hydroxylation is 2. The summed E-state index contributed by atoms with van der Waals surface area (Å²) >= 11 is 0. The Kier molecular flexibility index (Phi) is 2.91. The molecule has 1 aromatic carbocycles. The van der Waals surface area contributed by atoms with E-state index in [1.807, 2.05) is 25.1 Å². The second-order valence-corrected chi connectivity index (χ2v) is 3.86. The summed E-state index contributed by atoms with van der Waals surface area (Å²) in [6.45, 7) is 3.68. The maximum atomic E-state index is 12.0. The number of aromatic nitrogens is 2. The molecule has 2 N–H and O–H groups in total. The van der Waals surface area contributed by atoms with Gasteiger partial charge in [-0.15, -0.1) is 0 Å². The van der Waals surface area contributed by atoms with Crippen LogP contribution in [0.15, 0.2) is 28.7 Å².